The van der Waals surface area contributed by atoms with Crippen LogP contribution in [0.4, 0.5) is 0 Å². The first-order valence-electron chi connectivity index (χ1n) is 10.8. The summed E-state index contributed by atoms with van der Waals surface area (Å²) < 4.78 is 10.2. The fourth-order valence-electron chi connectivity index (χ4n) is 4.93. The number of benzene rings is 1. The van der Waals surface area contributed by atoms with Gasteiger partial charge in [0.15, 0.2) is 0 Å². The van der Waals surface area contributed by atoms with Crippen molar-refractivity contribution in [2.24, 2.45) is 0 Å². The summed E-state index contributed by atoms with van der Waals surface area (Å²) in [5.41, 5.74) is 2.67. The maximum Gasteiger partial charge on any atom is 0.147 e. The van der Waals surface area contributed by atoms with Crippen LogP contribution in [0.2, 0.25) is 0 Å². The number of likely N-dealkylation sites (tertiary alicyclic amines) is 1. The number of nitrogens with one attached hydrogen (secondary N) is 1. The van der Waals surface area contributed by atoms with Crippen LogP contribution < -0.4 is 10.1 Å². The van der Waals surface area contributed by atoms with Gasteiger partial charge in [0.25, 0.3) is 0 Å². The van der Waals surface area contributed by atoms with Crippen LogP contribution in [0.15, 0.2) is 24.4 Å². The van der Waals surface area contributed by atoms with Crippen molar-refractivity contribution in [3.8, 4) is 5.75 Å². The van der Waals surface area contributed by atoms with E-state index in [0.717, 1.165) is 57.4 Å². The second-order valence-electron chi connectivity index (χ2n) is 8.20. The van der Waals surface area contributed by atoms with Gasteiger partial charge in [-0.05, 0) is 50.1 Å². The molecule has 1 saturated heterocycles. The minimum atomic E-state index is 0.470. The molecule has 0 bridgehead atoms. The van der Waals surface area contributed by atoms with Gasteiger partial charge >= 0.3 is 0 Å². The number of methoxy groups -OCH3 is 1. The third-order valence-corrected chi connectivity index (χ3v) is 6.43. The van der Waals surface area contributed by atoms with Gasteiger partial charge in [0.05, 0.1) is 13.7 Å². The first-order valence-corrected chi connectivity index (χ1v) is 10.8. The lowest BCUT2D eigenvalue weighted by Gasteiger charge is -2.32. The van der Waals surface area contributed by atoms with E-state index < -0.39 is 0 Å². The highest BCUT2D eigenvalue weighted by Crippen LogP contribution is 2.31. The Morgan fingerprint density at radius 1 is 1.24 bits per heavy atom. The predicted octanol–water partition coefficient (Wildman–Crippen LogP) is 2.74. The molecule has 0 unspecified atom stereocenters. The lowest BCUT2D eigenvalue weighted by atomic mass is 9.96. The summed E-state index contributed by atoms with van der Waals surface area (Å²) in [6.07, 6.45) is 4.73. The highest BCUT2D eigenvalue weighted by molar-refractivity contribution is 5.85. The lowest BCUT2D eigenvalue weighted by Crippen LogP contribution is -2.36. The molecule has 0 radical (unpaired) electrons. The Hall–Kier alpha value is -2.38. The van der Waals surface area contributed by atoms with Gasteiger partial charge in [-0.1, -0.05) is 0 Å². The first kappa shape index (κ1) is 18.6. The molecule has 2 aliphatic rings. The van der Waals surface area contributed by atoms with Crippen molar-refractivity contribution in [1.82, 2.24) is 29.5 Å². The predicted molar refractivity (Wildman–Crippen MR) is 113 cm³/mol. The molecule has 0 aliphatic carbocycles. The van der Waals surface area contributed by atoms with E-state index in [9.17, 15) is 0 Å². The highest BCUT2D eigenvalue weighted by atomic mass is 16.5. The molecule has 7 heteroatoms. The molecule has 1 N–H and O–H groups in total. The average molecular weight is 395 g/mol. The highest BCUT2D eigenvalue weighted by Gasteiger charge is 2.28. The third-order valence-electron chi connectivity index (χ3n) is 6.43. The number of rotatable bonds is 5. The molecular weight excluding hydrogens is 364 g/mol. The Labute approximate surface area is 171 Å². The van der Waals surface area contributed by atoms with Crippen LogP contribution in [0.25, 0.3) is 10.9 Å². The summed E-state index contributed by atoms with van der Waals surface area (Å²) >= 11 is 0. The minimum Gasteiger partial charge on any atom is -0.497 e. The topological polar surface area (TPSA) is 60.1 Å². The number of hydrogen-bond donors (Lipinski definition) is 1. The fraction of sp³-hybridized carbons (Fsp3) is 0.545. The second-order valence-corrected chi connectivity index (χ2v) is 8.20. The molecule has 0 saturated carbocycles. The van der Waals surface area contributed by atoms with Crippen molar-refractivity contribution < 1.29 is 4.74 Å². The summed E-state index contributed by atoms with van der Waals surface area (Å²) in [5, 5.41) is 13.7. The van der Waals surface area contributed by atoms with Crippen LogP contribution in [-0.2, 0) is 26.2 Å². The zero-order chi connectivity index (χ0) is 19.8. The third kappa shape index (κ3) is 3.42. The summed E-state index contributed by atoms with van der Waals surface area (Å²) in [5.74, 6) is 3.66. The zero-order valence-electron chi connectivity index (χ0n) is 17.4. The lowest BCUT2D eigenvalue weighted by molar-refractivity contribution is 0.194. The van der Waals surface area contributed by atoms with E-state index in [4.69, 9.17) is 4.74 Å². The fourth-order valence-corrected chi connectivity index (χ4v) is 4.93. The van der Waals surface area contributed by atoms with E-state index in [-0.39, 0.29) is 0 Å². The molecule has 0 amide bonds. The van der Waals surface area contributed by atoms with E-state index in [1.54, 1.807) is 7.11 Å². The van der Waals surface area contributed by atoms with E-state index in [1.807, 2.05) is 0 Å². The minimum absolute atomic E-state index is 0.470. The smallest absolute Gasteiger partial charge is 0.147 e. The Bertz CT molecular complexity index is 1010. The van der Waals surface area contributed by atoms with E-state index in [0.29, 0.717) is 5.92 Å². The van der Waals surface area contributed by atoms with Crippen LogP contribution in [0.3, 0.4) is 0 Å². The number of aromatic nitrogens is 4. The van der Waals surface area contributed by atoms with Crippen LogP contribution >= 0.6 is 0 Å². The number of nitrogens with zero attached hydrogens (tertiary/aromatic N) is 5. The maximum atomic E-state index is 5.48. The molecule has 29 heavy (non-hydrogen) atoms. The van der Waals surface area contributed by atoms with Crippen LogP contribution in [0, 0.1) is 0 Å². The molecule has 1 fully saturated rings. The van der Waals surface area contributed by atoms with Gasteiger partial charge in [0.1, 0.15) is 17.4 Å². The average Bonchev–Trinajstić information content (AvgIpc) is 3.35. The summed E-state index contributed by atoms with van der Waals surface area (Å²) in [7, 11) is 1.74. The van der Waals surface area contributed by atoms with E-state index in [2.05, 4.69) is 60.9 Å². The van der Waals surface area contributed by atoms with E-state index in [1.165, 1.54) is 35.1 Å². The molecule has 1 atom stereocenters. The normalized spacial score (nSPS) is 20.1. The van der Waals surface area contributed by atoms with Crippen molar-refractivity contribution in [3.05, 3.63) is 41.6 Å². The van der Waals surface area contributed by atoms with Gasteiger partial charge < -0.3 is 19.2 Å². The molecular formula is C22H30N6O. The number of aryl methyl sites for hydroxylation is 1. The monoisotopic (exact) mass is 394 g/mol. The van der Waals surface area contributed by atoms with Crippen molar-refractivity contribution in [2.45, 2.75) is 51.9 Å². The van der Waals surface area contributed by atoms with Crippen molar-refractivity contribution >= 4 is 10.9 Å². The molecule has 154 valence electrons. The summed E-state index contributed by atoms with van der Waals surface area (Å²) in [6, 6.07) is 6.41. The SMILES string of the molecule is CCn1cc(CN2CCC[C@H](c3nnc4n3CCNC4)C2)c2cc(OC)ccc21. The maximum absolute atomic E-state index is 5.48. The largest absolute Gasteiger partial charge is 0.497 e. The zero-order valence-corrected chi connectivity index (χ0v) is 17.4. The van der Waals surface area contributed by atoms with Gasteiger partial charge in [-0.15, -0.1) is 10.2 Å². The standard InChI is InChI=1S/C22H30N6O/c1-3-27-15-17(19-11-18(29-2)6-7-20(19)27)14-26-9-4-5-16(13-26)22-25-24-21-12-23-8-10-28(21)22/h6-7,11,15-16,23H,3-5,8-10,12-14H2,1-2H3/t16-/m0/s1. The van der Waals surface area contributed by atoms with Gasteiger partial charge in [-0.25, -0.2) is 0 Å². The van der Waals surface area contributed by atoms with Gasteiger partial charge in [-0.2, -0.15) is 0 Å². The van der Waals surface area contributed by atoms with Gasteiger partial charge in [0, 0.05) is 55.7 Å². The number of fused-ring (bicyclic) bond motifs is 2. The molecule has 1 aromatic carbocycles. The molecule has 2 aromatic heterocycles. The first-order chi connectivity index (χ1) is 14.3. The molecule has 4 heterocycles. The summed E-state index contributed by atoms with van der Waals surface area (Å²) in [6.45, 7) is 9.16. The molecule has 5 rings (SSSR count). The Kier molecular flexibility index (Phi) is 5.01. The van der Waals surface area contributed by atoms with Crippen LogP contribution in [0.1, 0.15) is 42.9 Å². The molecule has 3 aromatic rings. The Morgan fingerprint density at radius 3 is 3.03 bits per heavy atom. The van der Waals surface area contributed by atoms with Gasteiger partial charge in [-0.3, -0.25) is 4.90 Å². The Morgan fingerprint density at radius 2 is 2.17 bits per heavy atom. The van der Waals surface area contributed by atoms with Crippen LogP contribution in [-0.4, -0.2) is 51.0 Å². The second kappa shape index (κ2) is 7.80. The number of hydrogen-bond acceptors (Lipinski definition) is 5. The number of piperidine rings is 1. The molecule has 7 nitrogen and oxygen atoms in total. The van der Waals surface area contributed by atoms with Gasteiger partial charge in [0.2, 0.25) is 0 Å². The van der Waals surface area contributed by atoms with Crippen molar-refractivity contribution in [2.75, 3.05) is 26.7 Å². The van der Waals surface area contributed by atoms with Crippen LogP contribution in [0.5, 0.6) is 5.75 Å². The molecule has 2 aliphatic heterocycles. The van der Waals surface area contributed by atoms with Crippen molar-refractivity contribution in [3.63, 3.8) is 0 Å². The number of ether oxygens (including phenoxy) is 1. The van der Waals surface area contributed by atoms with E-state index >= 15 is 0 Å². The van der Waals surface area contributed by atoms with Crippen molar-refractivity contribution in [1.29, 1.82) is 0 Å². The summed E-state index contributed by atoms with van der Waals surface area (Å²) in [4.78, 5) is 2.59. The molecule has 0 spiro atoms. The quantitative estimate of drug-likeness (QED) is 0.721. The Balaban J connectivity index is 1.39.